The van der Waals surface area contributed by atoms with Crippen molar-refractivity contribution < 1.29 is 0 Å². The average molecular weight is 164 g/mol. The maximum atomic E-state index is 4.18. The predicted molar refractivity (Wildman–Crippen MR) is 53.2 cm³/mol. The Labute approximate surface area is 74.3 Å². The molecular formula is C10H16N2. The van der Waals surface area contributed by atoms with Crippen LogP contribution in [0.5, 0.6) is 0 Å². The van der Waals surface area contributed by atoms with Gasteiger partial charge in [-0.25, -0.2) is 0 Å². The highest BCUT2D eigenvalue weighted by atomic mass is 15.2. The Morgan fingerprint density at radius 1 is 1.58 bits per heavy atom. The molecule has 0 amide bonds. The van der Waals surface area contributed by atoms with Crippen LogP contribution in [0.1, 0.15) is 13.8 Å². The molecule has 0 bridgehead atoms. The second kappa shape index (κ2) is 3.13. The van der Waals surface area contributed by atoms with Gasteiger partial charge in [-0.05, 0) is 6.08 Å². The molecule has 0 saturated carbocycles. The van der Waals surface area contributed by atoms with Gasteiger partial charge >= 0.3 is 0 Å². The Morgan fingerprint density at radius 2 is 2.25 bits per heavy atom. The van der Waals surface area contributed by atoms with E-state index in [4.69, 9.17) is 0 Å². The zero-order chi connectivity index (χ0) is 9.19. The molecule has 1 heterocycles. The lowest BCUT2D eigenvalue weighted by atomic mass is 9.88. The van der Waals surface area contributed by atoms with Crippen LogP contribution in [0, 0.1) is 5.41 Å². The fourth-order valence-electron chi connectivity index (χ4n) is 1.19. The standard InChI is InChI=1S/C10H16N2/c1-9-10(2,3)6-5-7-11-8-12(9)4/h5-7H,1,8H2,2-4H3/b6-5-,11-7-. The SMILES string of the molecule is C=C1N(C)C/N=C\C=C/C1(C)C. The van der Waals surface area contributed by atoms with Crippen LogP contribution in [-0.4, -0.2) is 24.8 Å². The molecule has 2 heteroatoms. The maximum absolute atomic E-state index is 4.18. The Kier molecular flexibility index (Phi) is 2.36. The highest BCUT2D eigenvalue weighted by Crippen LogP contribution is 2.28. The van der Waals surface area contributed by atoms with E-state index in [1.54, 1.807) is 0 Å². The summed E-state index contributed by atoms with van der Waals surface area (Å²) in [6.45, 7) is 9.06. The first-order valence-electron chi connectivity index (χ1n) is 4.12. The van der Waals surface area contributed by atoms with Gasteiger partial charge in [0.15, 0.2) is 0 Å². The van der Waals surface area contributed by atoms with Gasteiger partial charge in [0.2, 0.25) is 0 Å². The summed E-state index contributed by atoms with van der Waals surface area (Å²) in [5.74, 6) is 0. The molecule has 0 atom stereocenters. The van der Waals surface area contributed by atoms with Crippen LogP contribution in [0.25, 0.3) is 0 Å². The van der Waals surface area contributed by atoms with Gasteiger partial charge in [0.25, 0.3) is 0 Å². The van der Waals surface area contributed by atoms with Crippen molar-refractivity contribution in [3.8, 4) is 0 Å². The Hall–Kier alpha value is -1.05. The normalized spacial score (nSPS) is 27.6. The smallest absolute Gasteiger partial charge is 0.109 e. The van der Waals surface area contributed by atoms with E-state index in [0.29, 0.717) is 6.67 Å². The molecule has 0 radical (unpaired) electrons. The maximum Gasteiger partial charge on any atom is 0.109 e. The van der Waals surface area contributed by atoms with Crippen LogP contribution in [0.15, 0.2) is 29.4 Å². The first-order valence-corrected chi connectivity index (χ1v) is 4.12. The van der Waals surface area contributed by atoms with Gasteiger partial charge in [-0.1, -0.05) is 26.5 Å². The fourth-order valence-corrected chi connectivity index (χ4v) is 1.19. The van der Waals surface area contributed by atoms with Crippen molar-refractivity contribution in [2.24, 2.45) is 10.4 Å². The molecule has 1 aliphatic rings. The minimum absolute atomic E-state index is 0.0428. The zero-order valence-electron chi connectivity index (χ0n) is 8.04. The molecule has 0 aromatic rings. The van der Waals surface area contributed by atoms with E-state index in [-0.39, 0.29) is 5.41 Å². The van der Waals surface area contributed by atoms with Crippen LogP contribution < -0.4 is 0 Å². The lowest BCUT2D eigenvalue weighted by molar-refractivity contribution is 0.343. The molecule has 0 aromatic carbocycles. The van der Waals surface area contributed by atoms with Gasteiger partial charge < -0.3 is 4.90 Å². The van der Waals surface area contributed by atoms with E-state index in [1.165, 1.54) is 0 Å². The monoisotopic (exact) mass is 164 g/mol. The Bertz CT molecular complexity index is 236. The fraction of sp³-hybridized carbons (Fsp3) is 0.500. The molecule has 0 aliphatic carbocycles. The third-order valence-corrected chi connectivity index (χ3v) is 2.20. The number of nitrogens with zero attached hydrogens (tertiary/aromatic N) is 2. The van der Waals surface area contributed by atoms with Crippen LogP contribution in [0.4, 0.5) is 0 Å². The number of rotatable bonds is 0. The van der Waals surface area contributed by atoms with Crippen molar-refractivity contribution in [3.63, 3.8) is 0 Å². The molecule has 1 rings (SSSR count). The van der Waals surface area contributed by atoms with Crippen molar-refractivity contribution in [2.75, 3.05) is 13.7 Å². The first-order chi connectivity index (χ1) is 5.54. The topological polar surface area (TPSA) is 15.6 Å². The molecule has 0 saturated heterocycles. The second-order valence-electron chi connectivity index (χ2n) is 3.70. The first kappa shape index (κ1) is 9.04. The summed E-state index contributed by atoms with van der Waals surface area (Å²) >= 11 is 0. The van der Waals surface area contributed by atoms with Crippen molar-refractivity contribution in [2.45, 2.75) is 13.8 Å². The lowest BCUT2D eigenvalue weighted by Gasteiger charge is -2.31. The van der Waals surface area contributed by atoms with Gasteiger partial charge in [-0.3, -0.25) is 4.99 Å². The molecule has 0 fully saturated rings. The third-order valence-electron chi connectivity index (χ3n) is 2.20. The second-order valence-corrected chi connectivity index (χ2v) is 3.70. The summed E-state index contributed by atoms with van der Waals surface area (Å²) in [7, 11) is 2.01. The van der Waals surface area contributed by atoms with E-state index in [2.05, 4.69) is 36.4 Å². The summed E-state index contributed by atoms with van der Waals surface area (Å²) in [6.07, 6.45) is 5.94. The van der Waals surface area contributed by atoms with Crippen molar-refractivity contribution >= 4 is 6.21 Å². The van der Waals surface area contributed by atoms with Gasteiger partial charge in [0.05, 0.1) is 0 Å². The van der Waals surface area contributed by atoms with Crippen LogP contribution in [0.2, 0.25) is 0 Å². The van der Waals surface area contributed by atoms with Crippen LogP contribution >= 0.6 is 0 Å². The number of hydrogen-bond acceptors (Lipinski definition) is 2. The van der Waals surface area contributed by atoms with E-state index >= 15 is 0 Å². The highest BCUT2D eigenvalue weighted by Gasteiger charge is 2.21. The Morgan fingerprint density at radius 3 is 2.92 bits per heavy atom. The van der Waals surface area contributed by atoms with E-state index in [9.17, 15) is 0 Å². The van der Waals surface area contributed by atoms with E-state index < -0.39 is 0 Å². The summed E-state index contributed by atoms with van der Waals surface area (Å²) in [6, 6.07) is 0. The average Bonchev–Trinajstić information content (AvgIpc) is 2.00. The van der Waals surface area contributed by atoms with Gasteiger partial charge in [0, 0.05) is 24.4 Å². The van der Waals surface area contributed by atoms with E-state index in [0.717, 1.165) is 5.70 Å². The van der Waals surface area contributed by atoms with Gasteiger partial charge in [0.1, 0.15) is 6.67 Å². The van der Waals surface area contributed by atoms with Crippen LogP contribution in [0.3, 0.4) is 0 Å². The summed E-state index contributed by atoms with van der Waals surface area (Å²) < 4.78 is 0. The molecule has 1 aliphatic heterocycles. The molecule has 0 spiro atoms. The van der Waals surface area contributed by atoms with Crippen LogP contribution in [-0.2, 0) is 0 Å². The third kappa shape index (κ3) is 1.76. The summed E-state index contributed by atoms with van der Waals surface area (Å²) in [4.78, 5) is 6.25. The highest BCUT2D eigenvalue weighted by molar-refractivity contribution is 5.71. The van der Waals surface area contributed by atoms with Gasteiger partial charge in [-0.2, -0.15) is 0 Å². The number of allylic oxidation sites excluding steroid dienone is 2. The molecule has 12 heavy (non-hydrogen) atoms. The quantitative estimate of drug-likeness (QED) is 0.535. The van der Waals surface area contributed by atoms with E-state index in [1.807, 2.05) is 19.3 Å². The largest absolute Gasteiger partial charge is 0.358 e. The molecule has 0 N–H and O–H groups in total. The number of hydrogen-bond donors (Lipinski definition) is 0. The van der Waals surface area contributed by atoms with Crippen molar-refractivity contribution in [1.29, 1.82) is 0 Å². The van der Waals surface area contributed by atoms with Crippen molar-refractivity contribution in [1.82, 2.24) is 4.90 Å². The Balaban J connectivity index is 2.92. The minimum Gasteiger partial charge on any atom is -0.358 e. The molecule has 0 aromatic heterocycles. The summed E-state index contributed by atoms with van der Waals surface area (Å²) in [5.41, 5.74) is 1.15. The summed E-state index contributed by atoms with van der Waals surface area (Å²) in [5, 5.41) is 0. The van der Waals surface area contributed by atoms with Gasteiger partial charge in [-0.15, -0.1) is 0 Å². The zero-order valence-corrected chi connectivity index (χ0v) is 8.04. The lowest BCUT2D eigenvalue weighted by Crippen LogP contribution is -2.28. The molecule has 2 nitrogen and oxygen atoms in total. The molecule has 66 valence electrons. The predicted octanol–water partition coefficient (Wildman–Crippen LogP) is 2.06. The number of aliphatic imine (C=N–C) groups is 1. The molecule has 0 unspecified atom stereocenters. The molecular weight excluding hydrogens is 148 g/mol. The minimum atomic E-state index is 0.0428. The van der Waals surface area contributed by atoms with Crippen molar-refractivity contribution in [3.05, 3.63) is 24.4 Å².